The monoisotopic (exact) mass is 302 g/mol. The molecule has 0 saturated heterocycles. The van der Waals surface area contributed by atoms with E-state index in [2.05, 4.69) is 58.7 Å². The lowest BCUT2D eigenvalue weighted by molar-refractivity contribution is 0.803. The Balaban J connectivity index is 1.84. The highest BCUT2D eigenvalue weighted by atomic mass is 32.1. The van der Waals surface area contributed by atoms with Crippen LogP contribution in [0.1, 0.15) is 26.7 Å². The molecule has 0 radical (unpaired) electrons. The van der Waals surface area contributed by atoms with E-state index in [1.165, 1.54) is 16.0 Å². The molecule has 0 atom stereocenters. The molecule has 0 unspecified atom stereocenters. The summed E-state index contributed by atoms with van der Waals surface area (Å²) in [5.74, 6) is 0.793. The van der Waals surface area contributed by atoms with Crippen molar-refractivity contribution in [3.63, 3.8) is 0 Å². The summed E-state index contributed by atoms with van der Waals surface area (Å²) >= 11 is 1.73. The van der Waals surface area contributed by atoms with Crippen LogP contribution in [0.15, 0.2) is 29.3 Å². The van der Waals surface area contributed by atoms with E-state index in [-0.39, 0.29) is 0 Å². The number of hydrogen-bond donors (Lipinski definition) is 2. The van der Waals surface area contributed by atoms with Gasteiger partial charge in [0.05, 0.1) is 12.2 Å². The zero-order valence-corrected chi connectivity index (χ0v) is 13.8. The molecule has 2 aromatic rings. The third-order valence-corrected chi connectivity index (χ3v) is 4.36. The predicted octanol–water partition coefficient (Wildman–Crippen LogP) is 2.93. The van der Waals surface area contributed by atoms with Gasteiger partial charge in [0.1, 0.15) is 5.01 Å². The zero-order valence-electron chi connectivity index (χ0n) is 13.0. The topological polar surface area (TPSA) is 49.3 Å². The molecule has 0 bridgehead atoms. The summed E-state index contributed by atoms with van der Waals surface area (Å²) in [4.78, 5) is 10.0. The highest BCUT2D eigenvalue weighted by Crippen LogP contribution is 2.15. The summed E-state index contributed by atoms with van der Waals surface area (Å²) < 4.78 is 0. The van der Waals surface area contributed by atoms with E-state index >= 15 is 0 Å². The van der Waals surface area contributed by atoms with Crippen molar-refractivity contribution < 1.29 is 0 Å². The second kappa shape index (κ2) is 7.22. The molecular formula is C16H22N4S. The van der Waals surface area contributed by atoms with Gasteiger partial charge in [-0.25, -0.2) is 4.98 Å². The van der Waals surface area contributed by atoms with Crippen LogP contribution in [0.4, 0.5) is 0 Å². The summed E-state index contributed by atoms with van der Waals surface area (Å²) in [5, 5.41) is 7.69. The number of aryl methyl sites for hydroxylation is 3. The van der Waals surface area contributed by atoms with E-state index in [0.717, 1.165) is 23.2 Å². The molecular weight excluding hydrogens is 280 g/mol. The minimum atomic E-state index is 0.701. The van der Waals surface area contributed by atoms with Crippen LogP contribution in [0.2, 0.25) is 0 Å². The lowest BCUT2D eigenvalue weighted by Gasteiger charge is -2.11. The van der Waals surface area contributed by atoms with Crippen molar-refractivity contribution >= 4 is 17.3 Å². The maximum Gasteiger partial charge on any atom is 0.191 e. The SMILES string of the molecule is CN=C(NCc1ccc(C)cc1)NCc1nc(C)c(C)s1. The number of thiazole rings is 1. The second-order valence-electron chi connectivity index (χ2n) is 5.01. The smallest absolute Gasteiger partial charge is 0.191 e. The molecule has 21 heavy (non-hydrogen) atoms. The minimum absolute atomic E-state index is 0.701. The molecule has 112 valence electrons. The summed E-state index contributed by atoms with van der Waals surface area (Å²) in [7, 11) is 1.78. The number of nitrogens with one attached hydrogen (secondary N) is 2. The lowest BCUT2D eigenvalue weighted by Crippen LogP contribution is -2.36. The van der Waals surface area contributed by atoms with E-state index < -0.39 is 0 Å². The molecule has 0 saturated carbocycles. The standard InChI is InChI=1S/C16H22N4S/c1-11-5-7-14(8-6-11)9-18-16(17-4)19-10-15-20-12(2)13(3)21-15/h5-8H,9-10H2,1-4H3,(H2,17,18,19). The maximum absolute atomic E-state index is 4.52. The van der Waals surface area contributed by atoms with Gasteiger partial charge >= 0.3 is 0 Å². The number of benzene rings is 1. The van der Waals surface area contributed by atoms with Crippen molar-refractivity contribution in [1.82, 2.24) is 15.6 Å². The molecule has 0 aliphatic carbocycles. The summed E-state index contributed by atoms with van der Waals surface area (Å²) in [6, 6.07) is 8.50. The van der Waals surface area contributed by atoms with Crippen LogP contribution in [0.3, 0.4) is 0 Å². The van der Waals surface area contributed by atoms with E-state index in [1.807, 2.05) is 6.92 Å². The van der Waals surface area contributed by atoms with Gasteiger partial charge in [-0.3, -0.25) is 4.99 Å². The van der Waals surface area contributed by atoms with Crippen molar-refractivity contribution in [2.24, 2.45) is 4.99 Å². The van der Waals surface area contributed by atoms with Gasteiger partial charge in [-0.15, -0.1) is 11.3 Å². The molecule has 0 aliphatic rings. The molecule has 0 aliphatic heterocycles. The van der Waals surface area contributed by atoms with Crippen LogP contribution < -0.4 is 10.6 Å². The summed E-state index contributed by atoms with van der Waals surface area (Å²) in [6.45, 7) is 7.69. The summed E-state index contributed by atoms with van der Waals surface area (Å²) in [6.07, 6.45) is 0. The van der Waals surface area contributed by atoms with Gasteiger partial charge in [0.2, 0.25) is 0 Å². The van der Waals surface area contributed by atoms with Crippen LogP contribution in [-0.2, 0) is 13.1 Å². The van der Waals surface area contributed by atoms with Crippen molar-refractivity contribution in [1.29, 1.82) is 0 Å². The highest BCUT2D eigenvalue weighted by Gasteiger charge is 2.04. The Hall–Kier alpha value is -1.88. The largest absolute Gasteiger partial charge is 0.352 e. The van der Waals surface area contributed by atoms with Crippen LogP contribution in [-0.4, -0.2) is 18.0 Å². The van der Waals surface area contributed by atoms with Crippen LogP contribution in [0.25, 0.3) is 0 Å². The average molecular weight is 302 g/mol. The first-order valence-electron chi connectivity index (χ1n) is 7.01. The fraction of sp³-hybridized carbons (Fsp3) is 0.375. The van der Waals surface area contributed by atoms with Crippen LogP contribution in [0.5, 0.6) is 0 Å². The quantitative estimate of drug-likeness (QED) is 0.674. The van der Waals surface area contributed by atoms with Crippen molar-refractivity contribution in [2.45, 2.75) is 33.9 Å². The third kappa shape index (κ3) is 4.56. The number of nitrogens with zero attached hydrogens (tertiary/aromatic N) is 2. The fourth-order valence-electron chi connectivity index (χ4n) is 1.89. The first-order chi connectivity index (χ1) is 10.1. The van der Waals surface area contributed by atoms with Gasteiger partial charge in [-0.1, -0.05) is 29.8 Å². The van der Waals surface area contributed by atoms with Gasteiger partial charge in [-0.05, 0) is 26.3 Å². The van der Waals surface area contributed by atoms with Gasteiger partial charge in [0, 0.05) is 18.5 Å². The second-order valence-corrected chi connectivity index (χ2v) is 6.30. The molecule has 0 spiro atoms. The van der Waals surface area contributed by atoms with E-state index in [1.54, 1.807) is 18.4 Å². The maximum atomic E-state index is 4.52. The van der Waals surface area contributed by atoms with Gasteiger partial charge in [0.25, 0.3) is 0 Å². The minimum Gasteiger partial charge on any atom is -0.352 e. The fourth-order valence-corrected chi connectivity index (χ4v) is 2.76. The molecule has 2 N–H and O–H groups in total. The number of guanidine groups is 1. The molecule has 0 fully saturated rings. The Kier molecular flexibility index (Phi) is 5.33. The Morgan fingerprint density at radius 2 is 1.76 bits per heavy atom. The molecule has 1 heterocycles. The summed E-state index contributed by atoms with van der Waals surface area (Å²) in [5.41, 5.74) is 3.62. The number of aromatic nitrogens is 1. The van der Waals surface area contributed by atoms with Crippen molar-refractivity contribution in [3.8, 4) is 0 Å². The third-order valence-electron chi connectivity index (χ3n) is 3.28. The number of aliphatic imine (C=N–C) groups is 1. The number of hydrogen-bond acceptors (Lipinski definition) is 3. The van der Waals surface area contributed by atoms with Gasteiger partial charge < -0.3 is 10.6 Å². The predicted molar refractivity (Wildman–Crippen MR) is 89.8 cm³/mol. The highest BCUT2D eigenvalue weighted by molar-refractivity contribution is 7.11. The van der Waals surface area contributed by atoms with E-state index in [4.69, 9.17) is 0 Å². The Bertz CT molecular complexity index is 594. The van der Waals surface area contributed by atoms with Crippen molar-refractivity contribution in [3.05, 3.63) is 51.0 Å². The molecule has 5 heteroatoms. The normalized spacial score (nSPS) is 11.5. The Labute approximate surface area is 130 Å². The molecule has 0 amide bonds. The molecule has 2 rings (SSSR count). The average Bonchev–Trinajstić information content (AvgIpc) is 2.80. The van der Waals surface area contributed by atoms with Crippen LogP contribution in [0, 0.1) is 20.8 Å². The van der Waals surface area contributed by atoms with E-state index in [9.17, 15) is 0 Å². The lowest BCUT2D eigenvalue weighted by atomic mass is 10.1. The van der Waals surface area contributed by atoms with Gasteiger partial charge in [-0.2, -0.15) is 0 Å². The van der Waals surface area contributed by atoms with Gasteiger partial charge in [0.15, 0.2) is 5.96 Å². The Morgan fingerprint density at radius 3 is 2.33 bits per heavy atom. The molecule has 1 aromatic carbocycles. The van der Waals surface area contributed by atoms with Crippen LogP contribution >= 0.6 is 11.3 Å². The molecule has 1 aromatic heterocycles. The zero-order chi connectivity index (χ0) is 15.2. The first-order valence-corrected chi connectivity index (χ1v) is 7.83. The van der Waals surface area contributed by atoms with Crippen molar-refractivity contribution in [2.75, 3.05) is 7.05 Å². The first kappa shape index (κ1) is 15.5. The number of rotatable bonds is 4. The Morgan fingerprint density at radius 1 is 1.10 bits per heavy atom. The van der Waals surface area contributed by atoms with E-state index in [0.29, 0.717) is 6.54 Å². The molecule has 4 nitrogen and oxygen atoms in total.